The first-order valence-electron chi connectivity index (χ1n) is 6.06. The lowest BCUT2D eigenvalue weighted by atomic mass is 10.1. The molecule has 0 N–H and O–H groups in total. The second-order valence-corrected chi connectivity index (χ2v) is 4.24. The normalized spacial score (nSPS) is 11.0. The molecule has 1 amide bonds. The number of amides is 1. The van der Waals surface area contributed by atoms with E-state index in [1.807, 2.05) is 0 Å². The van der Waals surface area contributed by atoms with Gasteiger partial charge >= 0.3 is 6.36 Å². The minimum Gasteiger partial charge on any atom is -0.405 e. The fourth-order valence-corrected chi connectivity index (χ4v) is 1.81. The smallest absolute Gasteiger partial charge is 0.405 e. The van der Waals surface area contributed by atoms with Gasteiger partial charge in [0.05, 0.1) is 5.56 Å². The van der Waals surface area contributed by atoms with E-state index in [0.29, 0.717) is 5.69 Å². The van der Waals surface area contributed by atoms with Crippen molar-refractivity contribution in [2.24, 2.45) is 0 Å². The van der Waals surface area contributed by atoms with Gasteiger partial charge in [-0.15, -0.1) is 13.2 Å². The van der Waals surface area contributed by atoms with E-state index in [0.717, 1.165) is 6.07 Å². The SMILES string of the molecule is CN(C(=O)c1ccccc1OC(F)(F)F)c1ccccc1. The van der Waals surface area contributed by atoms with E-state index < -0.39 is 18.0 Å². The molecule has 0 heterocycles. The molecular formula is C15H12F3NO2. The number of nitrogens with zero attached hydrogens (tertiary/aromatic N) is 1. The maximum atomic E-state index is 12.4. The largest absolute Gasteiger partial charge is 0.573 e. The monoisotopic (exact) mass is 295 g/mol. The van der Waals surface area contributed by atoms with Gasteiger partial charge in [0.25, 0.3) is 5.91 Å². The van der Waals surface area contributed by atoms with Gasteiger partial charge in [-0.2, -0.15) is 0 Å². The zero-order chi connectivity index (χ0) is 15.5. The van der Waals surface area contributed by atoms with Crippen LogP contribution < -0.4 is 9.64 Å². The van der Waals surface area contributed by atoms with Crippen LogP contribution in [0.4, 0.5) is 18.9 Å². The van der Waals surface area contributed by atoms with Crippen LogP contribution in [0.3, 0.4) is 0 Å². The predicted molar refractivity (Wildman–Crippen MR) is 72.3 cm³/mol. The van der Waals surface area contributed by atoms with Gasteiger partial charge in [0.15, 0.2) is 0 Å². The Morgan fingerprint density at radius 2 is 1.57 bits per heavy atom. The molecule has 0 saturated heterocycles. The first kappa shape index (κ1) is 14.9. The van der Waals surface area contributed by atoms with Crippen molar-refractivity contribution in [1.29, 1.82) is 0 Å². The highest BCUT2D eigenvalue weighted by Gasteiger charge is 2.33. The number of carbonyl (C=O) groups excluding carboxylic acids is 1. The molecule has 0 atom stereocenters. The molecule has 0 fully saturated rings. The molecule has 0 bridgehead atoms. The number of hydrogen-bond acceptors (Lipinski definition) is 2. The lowest BCUT2D eigenvalue weighted by Gasteiger charge is -2.19. The predicted octanol–water partition coefficient (Wildman–Crippen LogP) is 3.86. The van der Waals surface area contributed by atoms with Crippen molar-refractivity contribution in [3.63, 3.8) is 0 Å². The molecule has 0 aliphatic rings. The molecule has 2 rings (SSSR count). The molecule has 3 nitrogen and oxygen atoms in total. The Labute approximate surface area is 119 Å². The van der Waals surface area contributed by atoms with E-state index in [1.54, 1.807) is 30.3 Å². The van der Waals surface area contributed by atoms with Crippen LogP contribution in [0.15, 0.2) is 54.6 Å². The summed E-state index contributed by atoms with van der Waals surface area (Å²) in [7, 11) is 1.49. The first-order chi connectivity index (χ1) is 9.88. The van der Waals surface area contributed by atoms with Crippen LogP contribution in [-0.4, -0.2) is 19.3 Å². The molecule has 2 aromatic carbocycles. The molecular weight excluding hydrogens is 283 g/mol. The van der Waals surface area contributed by atoms with Crippen LogP contribution in [0.25, 0.3) is 0 Å². The summed E-state index contributed by atoms with van der Waals surface area (Å²) in [6.45, 7) is 0. The van der Waals surface area contributed by atoms with E-state index >= 15 is 0 Å². The molecule has 0 saturated carbocycles. The number of halogens is 3. The van der Waals surface area contributed by atoms with Gasteiger partial charge in [0, 0.05) is 12.7 Å². The van der Waals surface area contributed by atoms with E-state index in [9.17, 15) is 18.0 Å². The number of rotatable bonds is 3. The summed E-state index contributed by atoms with van der Waals surface area (Å²) in [5.41, 5.74) is 0.422. The molecule has 110 valence electrons. The average Bonchev–Trinajstić information content (AvgIpc) is 2.45. The molecule has 21 heavy (non-hydrogen) atoms. The van der Waals surface area contributed by atoms with Gasteiger partial charge in [-0.25, -0.2) is 0 Å². The average molecular weight is 295 g/mol. The highest BCUT2D eigenvalue weighted by atomic mass is 19.4. The van der Waals surface area contributed by atoms with Crippen molar-refractivity contribution in [3.8, 4) is 5.75 Å². The summed E-state index contributed by atoms with van der Waals surface area (Å²) in [4.78, 5) is 13.6. The Morgan fingerprint density at radius 3 is 2.19 bits per heavy atom. The van der Waals surface area contributed by atoms with E-state index in [4.69, 9.17) is 0 Å². The number of carbonyl (C=O) groups is 1. The maximum Gasteiger partial charge on any atom is 0.573 e. The second-order valence-electron chi connectivity index (χ2n) is 4.24. The van der Waals surface area contributed by atoms with Crippen molar-refractivity contribution < 1.29 is 22.7 Å². The number of ether oxygens (including phenoxy) is 1. The standard InChI is InChI=1S/C15H12F3NO2/c1-19(11-7-3-2-4-8-11)14(20)12-9-5-6-10-13(12)21-15(16,17)18/h2-10H,1H3. The summed E-state index contributed by atoms with van der Waals surface area (Å²) < 4.78 is 41.0. The van der Waals surface area contributed by atoms with Crippen molar-refractivity contribution in [3.05, 3.63) is 60.2 Å². The third kappa shape index (κ3) is 3.75. The number of para-hydroxylation sites is 2. The van der Waals surface area contributed by atoms with Gasteiger partial charge in [-0.3, -0.25) is 4.79 Å². The van der Waals surface area contributed by atoms with Crippen LogP contribution in [0.1, 0.15) is 10.4 Å². The van der Waals surface area contributed by atoms with Crippen molar-refractivity contribution in [2.45, 2.75) is 6.36 Å². The van der Waals surface area contributed by atoms with E-state index in [1.165, 1.54) is 30.1 Å². The van der Waals surface area contributed by atoms with Crippen LogP contribution in [0, 0.1) is 0 Å². The quantitative estimate of drug-likeness (QED) is 0.860. The number of hydrogen-bond donors (Lipinski definition) is 0. The molecule has 0 aliphatic carbocycles. The number of alkyl halides is 3. The van der Waals surface area contributed by atoms with Crippen LogP contribution in [-0.2, 0) is 0 Å². The Morgan fingerprint density at radius 1 is 1.00 bits per heavy atom. The first-order valence-corrected chi connectivity index (χ1v) is 6.06. The lowest BCUT2D eigenvalue weighted by molar-refractivity contribution is -0.274. The maximum absolute atomic E-state index is 12.4. The summed E-state index contributed by atoms with van der Waals surface area (Å²) in [6.07, 6.45) is -4.85. The summed E-state index contributed by atoms with van der Waals surface area (Å²) >= 11 is 0. The Kier molecular flexibility index (Phi) is 4.16. The third-order valence-corrected chi connectivity index (χ3v) is 2.79. The third-order valence-electron chi connectivity index (χ3n) is 2.79. The van der Waals surface area contributed by atoms with Gasteiger partial charge in [-0.05, 0) is 24.3 Å². The van der Waals surface area contributed by atoms with Gasteiger partial charge in [0.2, 0.25) is 0 Å². The summed E-state index contributed by atoms with van der Waals surface area (Å²) in [5.74, 6) is -1.10. The number of anilines is 1. The minimum absolute atomic E-state index is 0.152. The van der Waals surface area contributed by atoms with Crippen molar-refractivity contribution in [2.75, 3.05) is 11.9 Å². The zero-order valence-corrected chi connectivity index (χ0v) is 11.1. The Balaban J connectivity index is 2.31. The number of benzene rings is 2. The van der Waals surface area contributed by atoms with Crippen molar-refractivity contribution >= 4 is 11.6 Å². The van der Waals surface area contributed by atoms with Gasteiger partial charge in [-0.1, -0.05) is 30.3 Å². The molecule has 2 aromatic rings. The van der Waals surface area contributed by atoms with Crippen molar-refractivity contribution in [1.82, 2.24) is 0 Å². The van der Waals surface area contributed by atoms with E-state index in [-0.39, 0.29) is 5.56 Å². The molecule has 0 aromatic heterocycles. The highest BCUT2D eigenvalue weighted by Crippen LogP contribution is 2.28. The summed E-state index contributed by atoms with van der Waals surface area (Å²) in [5, 5.41) is 0. The molecule has 0 spiro atoms. The molecule has 0 unspecified atom stereocenters. The molecule has 0 aliphatic heterocycles. The fraction of sp³-hybridized carbons (Fsp3) is 0.133. The zero-order valence-electron chi connectivity index (χ0n) is 11.1. The van der Waals surface area contributed by atoms with Crippen LogP contribution in [0.2, 0.25) is 0 Å². The van der Waals surface area contributed by atoms with Gasteiger partial charge in [0.1, 0.15) is 5.75 Å². The molecule has 0 radical (unpaired) electrons. The molecule has 6 heteroatoms. The van der Waals surface area contributed by atoms with Crippen LogP contribution >= 0.6 is 0 Å². The second kappa shape index (κ2) is 5.87. The summed E-state index contributed by atoms with van der Waals surface area (Å²) in [6, 6.07) is 13.9. The van der Waals surface area contributed by atoms with Gasteiger partial charge < -0.3 is 9.64 Å². The van der Waals surface area contributed by atoms with E-state index in [2.05, 4.69) is 4.74 Å². The minimum atomic E-state index is -4.85. The lowest BCUT2D eigenvalue weighted by Crippen LogP contribution is -2.28. The fourth-order valence-electron chi connectivity index (χ4n) is 1.81. The highest BCUT2D eigenvalue weighted by molar-refractivity contribution is 6.07. The Bertz CT molecular complexity index is 626. The topological polar surface area (TPSA) is 29.5 Å². The Hall–Kier alpha value is -2.50. The van der Waals surface area contributed by atoms with Crippen LogP contribution in [0.5, 0.6) is 5.75 Å².